The van der Waals surface area contributed by atoms with Gasteiger partial charge in [-0.2, -0.15) is 13.2 Å². The molecule has 134 valence electrons. The summed E-state index contributed by atoms with van der Waals surface area (Å²) in [6, 6.07) is 2.98. The lowest BCUT2D eigenvalue weighted by Gasteiger charge is -2.36. The Morgan fingerprint density at radius 1 is 1.25 bits per heavy atom. The first kappa shape index (κ1) is 17.3. The number of piperazine rings is 1. The van der Waals surface area contributed by atoms with E-state index >= 15 is 0 Å². The van der Waals surface area contributed by atoms with E-state index in [1.54, 1.807) is 0 Å². The molecule has 2 fully saturated rings. The number of aliphatic hydroxyl groups is 1. The van der Waals surface area contributed by atoms with Gasteiger partial charge in [-0.05, 0) is 31.9 Å². The predicted molar refractivity (Wildman–Crippen MR) is 79.2 cm³/mol. The first-order valence-corrected chi connectivity index (χ1v) is 8.08. The van der Waals surface area contributed by atoms with E-state index in [4.69, 9.17) is 4.42 Å². The summed E-state index contributed by atoms with van der Waals surface area (Å²) in [5, 5.41) is 10.2. The molecule has 1 aromatic rings. The summed E-state index contributed by atoms with van der Waals surface area (Å²) in [4.78, 5) is 16.0. The van der Waals surface area contributed by atoms with Gasteiger partial charge in [0, 0.05) is 32.2 Å². The zero-order chi connectivity index (χ0) is 17.5. The largest absolute Gasteiger partial charge is 0.463 e. The van der Waals surface area contributed by atoms with Crippen LogP contribution in [0.5, 0.6) is 0 Å². The van der Waals surface area contributed by atoms with Crippen molar-refractivity contribution in [3.05, 3.63) is 23.7 Å². The summed E-state index contributed by atoms with van der Waals surface area (Å²) >= 11 is 0. The van der Waals surface area contributed by atoms with Crippen LogP contribution in [-0.4, -0.2) is 59.2 Å². The van der Waals surface area contributed by atoms with Crippen molar-refractivity contribution >= 4 is 5.91 Å². The smallest absolute Gasteiger partial charge is 0.425 e. The van der Waals surface area contributed by atoms with Crippen LogP contribution in [0, 0.1) is 6.92 Å². The van der Waals surface area contributed by atoms with Gasteiger partial charge < -0.3 is 14.4 Å². The number of hydrogen-bond acceptors (Lipinski definition) is 4. The molecule has 0 radical (unpaired) electrons. The molecule has 1 aliphatic heterocycles. The lowest BCUT2D eigenvalue weighted by molar-refractivity contribution is -0.274. The van der Waals surface area contributed by atoms with Gasteiger partial charge in [-0.25, -0.2) is 0 Å². The molecule has 1 saturated carbocycles. The molecule has 2 aliphatic rings. The summed E-state index contributed by atoms with van der Waals surface area (Å²) in [5.74, 6) is -1.10. The van der Waals surface area contributed by atoms with E-state index in [1.165, 1.54) is 17.9 Å². The van der Waals surface area contributed by atoms with Crippen LogP contribution >= 0.6 is 0 Å². The van der Waals surface area contributed by atoms with Gasteiger partial charge in [0.2, 0.25) is 11.5 Å². The topological polar surface area (TPSA) is 56.9 Å². The second-order valence-corrected chi connectivity index (χ2v) is 6.59. The molecular formula is C16H21F3N2O3. The van der Waals surface area contributed by atoms with Gasteiger partial charge in [0.1, 0.15) is 11.5 Å². The average molecular weight is 346 g/mol. The molecule has 0 aromatic carbocycles. The Balaban J connectivity index is 1.69. The third-order valence-corrected chi connectivity index (χ3v) is 4.75. The van der Waals surface area contributed by atoms with Gasteiger partial charge in [-0.1, -0.05) is 0 Å². The highest BCUT2D eigenvalue weighted by molar-refractivity contribution is 5.77. The SMILES string of the molecule is Cc1ccc(C(O)(CC(=O)N2CCN(C3CC3)CC2)C(F)(F)F)o1. The van der Waals surface area contributed by atoms with Crippen molar-refractivity contribution in [3.8, 4) is 0 Å². The van der Waals surface area contributed by atoms with Gasteiger partial charge >= 0.3 is 6.18 Å². The van der Waals surface area contributed by atoms with Gasteiger partial charge in [0.15, 0.2) is 0 Å². The summed E-state index contributed by atoms with van der Waals surface area (Å²) in [7, 11) is 0. The first-order chi connectivity index (χ1) is 11.2. The van der Waals surface area contributed by atoms with Crippen molar-refractivity contribution in [1.82, 2.24) is 9.80 Å². The zero-order valence-corrected chi connectivity index (χ0v) is 13.5. The molecule has 2 heterocycles. The molecule has 1 atom stereocenters. The molecule has 0 spiro atoms. The maximum absolute atomic E-state index is 13.4. The normalized spacial score (nSPS) is 22.5. The van der Waals surface area contributed by atoms with Crippen LogP contribution in [0.1, 0.15) is 30.8 Å². The van der Waals surface area contributed by atoms with Crippen molar-refractivity contribution in [1.29, 1.82) is 0 Å². The fraction of sp³-hybridized carbons (Fsp3) is 0.688. The third kappa shape index (κ3) is 3.30. The van der Waals surface area contributed by atoms with Gasteiger partial charge in [0.25, 0.3) is 0 Å². The zero-order valence-electron chi connectivity index (χ0n) is 13.5. The van der Waals surface area contributed by atoms with Crippen LogP contribution in [0.2, 0.25) is 0 Å². The Morgan fingerprint density at radius 2 is 1.88 bits per heavy atom. The first-order valence-electron chi connectivity index (χ1n) is 8.08. The molecule has 1 unspecified atom stereocenters. The van der Waals surface area contributed by atoms with Crippen LogP contribution in [0.25, 0.3) is 0 Å². The standard InChI is InChI=1S/C16H21F3N2O3/c1-11-2-5-13(24-11)15(23,16(17,18)19)10-14(22)21-8-6-20(7-9-21)12-3-4-12/h2,5,12,23H,3-4,6-10H2,1H3. The number of alkyl halides is 3. The molecular weight excluding hydrogens is 325 g/mol. The summed E-state index contributed by atoms with van der Waals surface area (Å²) < 4.78 is 45.2. The molecule has 1 aliphatic carbocycles. The van der Waals surface area contributed by atoms with Gasteiger partial charge in [-0.15, -0.1) is 0 Å². The monoisotopic (exact) mass is 346 g/mol. The number of hydrogen-bond donors (Lipinski definition) is 1. The highest BCUT2D eigenvalue weighted by atomic mass is 19.4. The number of carbonyl (C=O) groups is 1. The Morgan fingerprint density at radius 3 is 2.33 bits per heavy atom. The quantitative estimate of drug-likeness (QED) is 0.906. The van der Waals surface area contributed by atoms with E-state index in [2.05, 4.69) is 4.90 Å². The number of halogens is 3. The second kappa shape index (κ2) is 6.07. The number of carbonyl (C=O) groups excluding carboxylic acids is 1. The lowest BCUT2D eigenvalue weighted by atomic mass is 9.94. The fourth-order valence-electron chi connectivity index (χ4n) is 3.09. The van der Waals surface area contributed by atoms with Crippen LogP contribution < -0.4 is 0 Å². The minimum Gasteiger partial charge on any atom is -0.463 e. The number of nitrogens with zero attached hydrogens (tertiary/aromatic N) is 2. The highest BCUT2D eigenvalue weighted by Gasteiger charge is 2.58. The van der Waals surface area contributed by atoms with E-state index < -0.39 is 29.9 Å². The van der Waals surface area contributed by atoms with Crippen LogP contribution in [-0.2, 0) is 10.4 Å². The molecule has 8 heteroatoms. The summed E-state index contributed by atoms with van der Waals surface area (Å²) in [5.41, 5.74) is -3.30. The van der Waals surface area contributed by atoms with E-state index in [0.29, 0.717) is 32.2 Å². The maximum atomic E-state index is 13.4. The molecule has 3 rings (SSSR count). The Hall–Kier alpha value is -1.54. The minimum atomic E-state index is -5.00. The van der Waals surface area contributed by atoms with E-state index in [-0.39, 0.29) is 5.76 Å². The van der Waals surface area contributed by atoms with Crippen molar-refractivity contribution in [2.45, 2.75) is 44.0 Å². The van der Waals surface area contributed by atoms with E-state index in [1.807, 2.05) is 0 Å². The minimum absolute atomic E-state index is 0.248. The molecule has 24 heavy (non-hydrogen) atoms. The van der Waals surface area contributed by atoms with Crippen molar-refractivity contribution in [2.75, 3.05) is 26.2 Å². The number of aryl methyl sites for hydroxylation is 1. The third-order valence-electron chi connectivity index (χ3n) is 4.75. The number of amides is 1. The van der Waals surface area contributed by atoms with Crippen molar-refractivity contribution in [2.24, 2.45) is 0 Å². The summed E-state index contributed by atoms with van der Waals surface area (Å²) in [6.07, 6.45) is -3.76. The highest BCUT2D eigenvalue weighted by Crippen LogP contribution is 2.42. The number of furan rings is 1. The fourth-order valence-corrected chi connectivity index (χ4v) is 3.09. The lowest BCUT2D eigenvalue weighted by Crippen LogP contribution is -2.52. The van der Waals surface area contributed by atoms with Crippen LogP contribution in [0.4, 0.5) is 13.2 Å². The predicted octanol–water partition coefficient (Wildman–Crippen LogP) is 2.03. The maximum Gasteiger partial charge on any atom is 0.425 e. The number of rotatable bonds is 4. The van der Waals surface area contributed by atoms with Gasteiger partial charge in [-0.3, -0.25) is 9.69 Å². The second-order valence-electron chi connectivity index (χ2n) is 6.59. The molecule has 1 amide bonds. The Kier molecular flexibility index (Phi) is 4.37. The van der Waals surface area contributed by atoms with Crippen molar-refractivity contribution < 1.29 is 27.5 Å². The van der Waals surface area contributed by atoms with Gasteiger partial charge in [0.05, 0.1) is 6.42 Å². The Labute approximate surface area is 138 Å². The molecule has 1 N–H and O–H groups in total. The summed E-state index contributed by atoms with van der Waals surface area (Å²) in [6.45, 7) is 3.60. The van der Waals surface area contributed by atoms with E-state index in [0.717, 1.165) is 18.9 Å². The van der Waals surface area contributed by atoms with Crippen molar-refractivity contribution in [3.63, 3.8) is 0 Å². The van der Waals surface area contributed by atoms with E-state index in [9.17, 15) is 23.1 Å². The van der Waals surface area contributed by atoms with Crippen LogP contribution in [0.15, 0.2) is 16.5 Å². The van der Waals surface area contributed by atoms with Crippen LogP contribution in [0.3, 0.4) is 0 Å². The molecule has 1 saturated heterocycles. The Bertz CT molecular complexity index is 604. The molecule has 0 bridgehead atoms. The average Bonchev–Trinajstić information content (AvgIpc) is 3.27. The molecule has 5 nitrogen and oxygen atoms in total. The molecule has 1 aromatic heterocycles.